The molecule has 0 spiro atoms. The van der Waals surface area contributed by atoms with E-state index in [1.54, 1.807) is 11.8 Å². The van der Waals surface area contributed by atoms with E-state index in [1.165, 1.54) is 18.4 Å². The molecule has 2 aromatic rings. The Hall–Kier alpha value is -1.82. The highest BCUT2D eigenvalue weighted by atomic mass is 32.2. The average Bonchev–Trinajstić information content (AvgIpc) is 3.10. The predicted molar refractivity (Wildman–Crippen MR) is 101 cm³/mol. The third kappa shape index (κ3) is 4.38. The van der Waals surface area contributed by atoms with Crippen LogP contribution >= 0.6 is 11.8 Å². The number of nitrogens with zero attached hydrogens (tertiary/aromatic N) is 4. The molecule has 1 aliphatic rings. The molecule has 0 bridgehead atoms. The van der Waals surface area contributed by atoms with Crippen LogP contribution in [-0.2, 0) is 6.54 Å². The zero-order valence-electron chi connectivity index (χ0n) is 14.6. The number of rotatable bonds is 6. The fourth-order valence-corrected chi connectivity index (χ4v) is 3.55. The standard InChI is InChI=1S/C18H25N5S/c1-13(2)24-17-14(3)11-20-18(22-17)21-12-15-6-7-19-16(10-15)23-8-4-5-9-23/h6-7,10-11,13H,4-5,8-9,12H2,1-3H3,(H,20,21,22). The lowest BCUT2D eigenvalue weighted by molar-refractivity contribution is 0.927. The van der Waals surface area contributed by atoms with E-state index in [4.69, 9.17) is 0 Å². The second kappa shape index (κ2) is 7.83. The van der Waals surface area contributed by atoms with Gasteiger partial charge in [0.25, 0.3) is 0 Å². The van der Waals surface area contributed by atoms with Gasteiger partial charge in [0.2, 0.25) is 5.95 Å². The van der Waals surface area contributed by atoms with Crippen LogP contribution in [0.5, 0.6) is 0 Å². The highest BCUT2D eigenvalue weighted by molar-refractivity contribution is 7.99. The van der Waals surface area contributed by atoms with Gasteiger partial charge in [-0.2, -0.15) is 0 Å². The summed E-state index contributed by atoms with van der Waals surface area (Å²) in [5.74, 6) is 1.76. The molecule has 3 heterocycles. The molecule has 1 N–H and O–H groups in total. The molecule has 0 amide bonds. The Morgan fingerprint density at radius 1 is 1.25 bits per heavy atom. The van der Waals surface area contributed by atoms with Crippen molar-refractivity contribution in [2.24, 2.45) is 0 Å². The van der Waals surface area contributed by atoms with Crippen LogP contribution in [0.25, 0.3) is 0 Å². The van der Waals surface area contributed by atoms with Crippen molar-refractivity contribution in [3.63, 3.8) is 0 Å². The molecule has 0 radical (unpaired) electrons. The van der Waals surface area contributed by atoms with Gasteiger partial charge in [0, 0.05) is 37.3 Å². The highest BCUT2D eigenvalue weighted by Crippen LogP contribution is 2.25. The molecular weight excluding hydrogens is 318 g/mol. The van der Waals surface area contributed by atoms with Gasteiger partial charge < -0.3 is 10.2 Å². The van der Waals surface area contributed by atoms with E-state index < -0.39 is 0 Å². The maximum atomic E-state index is 4.64. The van der Waals surface area contributed by atoms with Crippen LogP contribution in [0.4, 0.5) is 11.8 Å². The second-order valence-corrected chi connectivity index (χ2v) is 7.98. The largest absolute Gasteiger partial charge is 0.357 e. The summed E-state index contributed by atoms with van der Waals surface area (Å²) in [6.07, 6.45) is 6.30. The van der Waals surface area contributed by atoms with E-state index in [-0.39, 0.29) is 0 Å². The third-order valence-corrected chi connectivity index (χ3v) is 5.07. The first kappa shape index (κ1) is 17.0. The van der Waals surface area contributed by atoms with Gasteiger partial charge in [0.05, 0.1) is 0 Å². The van der Waals surface area contributed by atoms with Gasteiger partial charge in [-0.25, -0.2) is 15.0 Å². The number of pyridine rings is 1. The van der Waals surface area contributed by atoms with Gasteiger partial charge in [-0.3, -0.25) is 0 Å². The van der Waals surface area contributed by atoms with Crippen LogP contribution in [0.15, 0.2) is 29.6 Å². The molecule has 3 rings (SSSR count). The van der Waals surface area contributed by atoms with Crippen molar-refractivity contribution in [2.45, 2.75) is 50.4 Å². The van der Waals surface area contributed by atoms with Gasteiger partial charge in [0.1, 0.15) is 10.8 Å². The fraction of sp³-hybridized carbons (Fsp3) is 0.500. The van der Waals surface area contributed by atoms with Crippen LogP contribution < -0.4 is 10.2 Å². The Balaban J connectivity index is 1.66. The Labute approximate surface area is 148 Å². The molecule has 5 nitrogen and oxygen atoms in total. The van der Waals surface area contributed by atoms with Crippen molar-refractivity contribution in [2.75, 3.05) is 23.3 Å². The summed E-state index contributed by atoms with van der Waals surface area (Å²) in [5.41, 5.74) is 2.33. The van der Waals surface area contributed by atoms with Gasteiger partial charge in [-0.15, -0.1) is 11.8 Å². The van der Waals surface area contributed by atoms with Crippen molar-refractivity contribution < 1.29 is 0 Å². The number of hydrogen-bond acceptors (Lipinski definition) is 6. The Kier molecular flexibility index (Phi) is 5.56. The molecule has 1 saturated heterocycles. The van der Waals surface area contributed by atoms with Crippen LogP contribution in [0.1, 0.15) is 37.8 Å². The molecule has 0 aromatic carbocycles. The molecule has 2 aromatic heterocycles. The van der Waals surface area contributed by atoms with Crippen LogP contribution in [0.3, 0.4) is 0 Å². The lowest BCUT2D eigenvalue weighted by atomic mass is 10.2. The maximum Gasteiger partial charge on any atom is 0.223 e. The molecule has 0 atom stereocenters. The van der Waals surface area contributed by atoms with E-state index in [9.17, 15) is 0 Å². The van der Waals surface area contributed by atoms with Crippen LogP contribution in [0.2, 0.25) is 0 Å². The van der Waals surface area contributed by atoms with E-state index in [0.29, 0.717) is 17.7 Å². The maximum absolute atomic E-state index is 4.64. The number of aryl methyl sites for hydroxylation is 1. The topological polar surface area (TPSA) is 53.9 Å². The summed E-state index contributed by atoms with van der Waals surface area (Å²) in [5, 5.41) is 4.90. The molecule has 6 heteroatoms. The molecule has 0 unspecified atom stereocenters. The molecule has 0 saturated carbocycles. The molecule has 128 valence electrons. The smallest absolute Gasteiger partial charge is 0.223 e. The zero-order chi connectivity index (χ0) is 16.9. The van der Waals surface area contributed by atoms with Crippen LogP contribution in [0, 0.1) is 6.92 Å². The van der Waals surface area contributed by atoms with Crippen molar-refractivity contribution in [1.82, 2.24) is 15.0 Å². The summed E-state index contributed by atoms with van der Waals surface area (Å²) >= 11 is 1.77. The normalized spacial score (nSPS) is 14.4. The van der Waals surface area contributed by atoms with Crippen molar-refractivity contribution in [3.8, 4) is 0 Å². The van der Waals surface area contributed by atoms with Crippen molar-refractivity contribution in [3.05, 3.63) is 35.7 Å². The average molecular weight is 344 g/mol. The summed E-state index contributed by atoms with van der Waals surface area (Å²) in [4.78, 5) is 15.9. The monoisotopic (exact) mass is 343 g/mol. The van der Waals surface area contributed by atoms with E-state index in [0.717, 1.165) is 29.5 Å². The second-order valence-electron chi connectivity index (χ2n) is 6.42. The van der Waals surface area contributed by atoms with E-state index in [2.05, 4.69) is 52.0 Å². The Morgan fingerprint density at radius 3 is 2.79 bits per heavy atom. The fourth-order valence-electron chi connectivity index (χ4n) is 2.72. The van der Waals surface area contributed by atoms with Gasteiger partial charge >= 0.3 is 0 Å². The summed E-state index contributed by atoms with van der Waals surface area (Å²) in [6.45, 7) is 9.34. The predicted octanol–water partition coefficient (Wildman–Crippen LogP) is 3.89. The zero-order valence-corrected chi connectivity index (χ0v) is 15.4. The highest BCUT2D eigenvalue weighted by Gasteiger charge is 2.13. The number of hydrogen-bond donors (Lipinski definition) is 1. The van der Waals surface area contributed by atoms with Crippen LogP contribution in [-0.4, -0.2) is 33.3 Å². The molecule has 24 heavy (non-hydrogen) atoms. The summed E-state index contributed by atoms with van der Waals surface area (Å²) < 4.78 is 0. The van der Waals surface area contributed by atoms with Crippen molar-refractivity contribution in [1.29, 1.82) is 0 Å². The molecular formula is C18H25N5S. The molecule has 1 fully saturated rings. The molecule has 1 aliphatic heterocycles. The minimum Gasteiger partial charge on any atom is -0.357 e. The number of anilines is 2. The summed E-state index contributed by atoms with van der Waals surface area (Å²) in [6, 6.07) is 4.21. The number of thioether (sulfide) groups is 1. The first-order chi connectivity index (χ1) is 11.6. The lowest BCUT2D eigenvalue weighted by Gasteiger charge is -2.17. The Bertz CT molecular complexity index is 683. The molecule has 0 aliphatic carbocycles. The Morgan fingerprint density at radius 2 is 2.04 bits per heavy atom. The lowest BCUT2D eigenvalue weighted by Crippen LogP contribution is -2.19. The van der Waals surface area contributed by atoms with E-state index in [1.807, 2.05) is 18.5 Å². The summed E-state index contributed by atoms with van der Waals surface area (Å²) in [7, 11) is 0. The first-order valence-corrected chi connectivity index (χ1v) is 9.44. The van der Waals surface area contributed by atoms with E-state index >= 15 is 0 Å². The van der Waals surface area contributed by atoms with Gasteiger partial charge in [-0.1, -0.05) is 13.8 Å². The third-order valence-electron chi connectivity index (χ3n) is 3.96. The quantitative estimate of drug-likeness (QED) is 0.634. The number of aromatic nitrogens is 3. The SMILES string of the molecule is Cc1cnc(NCc2ccnc(N3CCCC3)c2)nc1SC(C)C. The van der Waals surface area contributed by atoms with Gasteiger partial charge in [-0.05, 0) is 43.0 Å². The minimum atomic E-state index is 0.509. The minimum absolute atomic E-state index is 0.509. The number of nitrogens with one attached hydrogen (secondary N) is 1. The van der Waals surface area contributed by atoms with Gasteiger partial charge in [0.15, 0.2) is 0 Å². The first-order valence-electron chi connectivity index (χ1n) is 8.56. The van der Waals surface area contributed by atoms with Crippen molar-refractivity contribution >= 4 is 23.5 Å².